The second-order valence-electron chi connectivity index (χ2n) is 3.27. The Morgan fingerprint density at radius 3 is 2.36 bits per heavy atom. The van der Waals surface area contributed by atoms with Crippen molar-refractivity contribution in [1.29, 1.82) is 0 Å². The van der Waals surface area contributed by atoms with Crippen LogP contribution in [0.3, 0.4) is 0 Å². The summed E-state index contributed by atoms with van der Waals surface area (Å²) in [7, 11) is 0. The summed E-state index contributed by atoms with van der Waals surface area (Å²) in [5, 5.41) is 0. The van der Waals surface area contributed by atoms with Gasteiger partial charge in [-0.25, -0.2) is 8.78 Å². The van der Waals surface area contributed by atoms with Crippen molar-refractivity contribution in [3.05, 3.63) is 35.4 Å². The van der Waals surface area contributed by atoms with Gasteiger partial charge < -0.3 is 11.5 Å². The van der Waals surface area contributed by atoms with Gasteiger partial charge in [0.15, 0.2) is 11.6 Å². The van der Waals surface area contributed by atoms with Crippen LogP contribution in [0.15, 0.2) is 18.2 Å². The molecule has 14 heavy (non-hydrogen) atoms. The first-order valence-corrected chi connectivity index (χ1v) is 4.52. The summed E-state index contributed by atoms with van der Waals surface area (Å²) in [6.45, 7) is 1.89. The first-order chi connectivity index (χ1) is 6.56. The lowest BCUT2D eigenvalue weighted by atomic mass is 9.99. The lowest BCUT2D eigenvalue weighted by Crippen LogP contribution is -2.33. The normalized spacial score (nSPS) is 15.2. The Balaban J connectivity index is 2.91. The molecule has 2 unspecified atom stereocenters. The second kappa shape index (κ2) is 4.48. The highest BCUT2D eigenvalue weighted by molar-refractivity contribution is 5.22. The summed E-state index contributed by atoms with van der Waals surface area (Å²) in [6, 6.07) is 2.93. The Morgan fingerprint density at radius 2 is 1.86 bits per heavy atom. The van der Waals surface area contributed by atoms with Crippen molar-refractivity contribution in [2.24, 2.45) is 11.5 Å². The molecule has 0 heterocycles. The number of halogens is 2. The minimum absolute atomic E-state index is 0.236. The highest BCUT2D eigenvalue weighted by atomic mass is 19.2. The molecule has 0 aromatic heterocycles. The van der Waals surface area contributed by atoms with Crippen molar-refractivity contribution in [2.75, 3.05) is 0 Å². The highest BCUT2D eigenvalue weighted by Crippen LogP contribution is 2.17. The van der Waals surface area contributed by atoms with E-state index >= 15 is 0 Å². The smallest absolute Gasteiger partial charge is 0.159 e. The summed E-state index contributed by atoms with van der Waals surface area (Å²) >= 11 is 0. The third-order valence-corrected chi connectivity index (χ3v) is 2.26. The molecular formula is C10H14F2N2. The zero-order valence-corrected chi connectivity index (χ0v) is 8.00. The van der Waals surface area contributed by atoms with Crippen molar-refractivity contribution < 1.29 is 8.78 Å². The molecule has 4 heteroatoms. The zero-order chi connectivity index (χ0) is 10.7. The first kappa shape index (κ1) is 11.1. The maximum atomic E-state index is 12.8. The van der Waals surface area contributed by atoms with Gasteiger partial charge in [-0.2, -0.15) is 0 Å². The van der Waals surface area contributed by atoms with E-state index in [1.807, 2.05) is 6.92 Å². The van der Waals surface area contributed by atoms with E-state index in [4.69, 9.17) is 11.5 Å². The minimum atomic E-state index is -0.888. The number of rotatable bonds is 3. The number of hydrogen-bond donors (Lipinski definition) is 2. The van der Waals surface area contributed by atoms with Gasteiger partial charge in [-0.1, -0.05) is 13.0 Å². The van der Waals surface area contributed by atoms with E-state index in [0.717, 1.165) is 12.1 Å². The predicted molar refractivity (Wildman–Crippen MR) is 51.6 cm³/mol. The Labute approximate surface area is 81.9 Å². The molecule has 0 spiro atoms. The van der Waals surface area contributed by atoms with Crippen LogP contribution in [-0.2, 0) is 0 Å². The molecule has 1 rings (SSSR count). The topological polar surface area (TPSA) is 52.0 Å². The van der Waals surface area contributed by atoms with Crippen molar-refractivity contribution in [2.45, 2.75) is 25.4 Å². The van der Waals surface area contributed by atoms with Crippen LogP contribution in [0, 0.1) is 11.6 Å². The molecule has 2 nitrogen and oxygen atoms in total. The van der Waals surface area contributed by atoms with Crippen LogP contribution in [0.4, 0.5) is 8.78 Å². The van der Waals surface area contributed by atoms with Crippen LogP contribution in [0.5, 0.6) is 0 Å². The molecule has 0 bridgehead atoms. The first-order valence-electron chi connectivity index (χ1n) is 4.52. The van der Waals surface area contributed by atoms with Crippen LogP contribution in [0.1, 0.15) is 24.9 Å². The fourth-order valence-electron chi connectivity index (χ4n) is 1.22. The van der Waals surface area contributed by atoms with Gasteiger partial charge in [0, 0.05) is 12.1 Å². The summed E-state index contributed by atoms with van der Waals surface area (Å²) in [5.74, 6) is -1.76. The summed E-state index contributed by atoms with van der Waals surface area (Å²) in [6.07, 6.45) is 0.695. The molecular weight excluding hydrogens is 186 g/mol. The molecule has 0 radical (unpaired) electrons. The third kappa shape index (κ3) is 2.27. The molecule has 0 aliphatic rings. The Hall–Kier alpha value is -1.00. The van der Waals surface area contributed by atoms with Gasteiger partial charge in [0.1, 0.15) is 0 Å². The Morgan fingerprint density at radius 1 is 1.21 bits per heavy atom. The van der Waals surface area contributed by atoms with E-state index in [1.54, 1.807) is 0 Å². The van der Waals surface area contributed by atoms with E-state index in [0.29, 0.717) is 12.0 Å². The highest BCUT2D eigenvalue weighted by Gasteiger charge is 2.15. The second-order valence-corrected chi connectivity index (χ2v) is 3.27. The van der Waals surface area contributed by atoms with Crippen LogP contribution < -0.4 is 11.5 Å². The van der Waals surface area contributed by atoms with Crippen molar-refractivity contribution in [3.8, 4) is 0 Å². The van der Waals surface area contributed by atoms with Gasteiger partial charge in [-0.3, -0.25) is 0 Å². The quantitative estimate of drug-likeness (QED) is 0.780. The summed E-state index contributed by atoms with van der Waals surface area (Å²) in [5.41, 5.74) is 12.0. The fraction of sp³-hybridized carbons (Fsp3) is 0.400. The van der Waals surface area contributed by atoms with Crippen molar-refractivity contribution >= 4 is 0 Å². The molecule has 0 fully saturated rings. The van der Waals surface area contributed by atoms with Crippen LogP contribution >= 0.6 is 0 Å². The maximum Gasteiger partial charge on any atom is 0.159 e. The molecule has 2 atom stereocenters. The molecule has 78 valence electrons. The van der Waals surface area contributed by atoms with Gasteiger partial charge in [0.25, 0.3) is 0 Å². The lowest BCUT2D eigenvalue weighted by Gasteiger charge is -2.18. The van der Waals surface area contributed by atoms with Crippen molar-refractivity contribution in [1.82, 2.24) is 0 Å². The fourth-order valence-corrected chi connectivity index (χ4v) is 1.22. The predicted octanol–water partition coefficient (Wildman–Crippen LogP) is 1.70. The number of hydrogen-bond acceptors (Lipinski definition) is 2. The monoisotopic (exact) mass is 200 g/mol. The maximum absolute atomic E-state index is 12.8. The molecule has 1 aromatic rings. The zero-order valence-electron chi connectivity index (χ0n) is 8.00. The van der Waals surface area contributed by atoms with E-state index < -0.39 is 17.7 Å². The van der Waals surface area contributed by atoms with E-state index in [9.17, 15) is 8.78 Å². The molecule has 1 aromatic carbocycles. The van der Waals surface area contributed by atoms with Crippen LogP contribution in [0.2, 0.25) is 0 Å². The van der Waals surface area contributed by atoms with E-state index in [2.05, 4.69) is 0 Å². The number of benzene rings is 1. The standard InChI is InChI=1S/C10H14F2N2/c1-2-9(13)10(14)6-3-4-7(11)8(12)5-6/h3-5,9-10H,2,13-14H2,1H3. The molecule has 4 N–H and O–H groups in total. The number of nitrogens with two attached hydrogens (primary N) is 2. The molecule has 0 saturated carbocycles. The summed E-state index contributed by atoms with van der Waals surface area (Å²) in [4.78, 5) is 0. The van der Waals surface area contributed by atoms with Crippen LogP contribution in [0.25, 0.3) is 0 Å². The van der Waals surface area contributed by atoms with E-state index in [1.165, 1.54) is 6.07 Å². The van der Waals surface area contributed by atoms with E-state index in [-0.39, 0.29) is 6.04 Å². The van der Waals surface area contributed by atoms with Gasteiger partial charge in [-0.15, -0.1) is 0 Å². The summed E-state index contributed by atoms with van der Waals surface area (Å²) < 4.78 is 25.4. The lowest BCUT2D eigenvalue weighted by molar-refractivity contribution is 0.495. The average molecular weight is 200 g/mol. The third-order valence-electron chi connectivity index (χ3n) is 2.26. The Kier molecular flexibility index (Phi) is 3.55. The van der Waals surface area contributed by atoms with Gasteiger partial charge in [0.2, 0.25) is 0 Å². The van der Waals surface area contributed by atoms with Crippen LogP contribution in [-0.4, -0.2) is 6.04 Å². The van der Waals surface area contributed by atoms with Gasteiger partial charge >= 0.3 is 0 Å². The molecule has 0 amide bonds. The van der Waals surface area contributed by atoms with Gasteiger partial charge in [-0.05, 0) is 24.1 Å². The molecule has 0 aliphatic heterocycles. The van der Waals surface area contributed by atoms with Gasteiger partial charge in [0.05, 0.1) is 0 Å². The largest absolute Gasteiger partial charge is 0.326 e. The Bertz CT molecular complexity index is 315. The minimum Gasteiger partial charge on any atom is -0.326 e. The average Bonchev–Trinajstić information content (AvgIpc) is 2.20. The van der Waals surface area contributed by atoms with Crippen molar-refractivity contribution in [3.63, 3.8) is 0 Å². The molecule has 0 saturated heterocycles. The SMILES string of the molecule is CCC(N)C(N)c1ccc(F)c(F)c1. The molecule has 0 aliphatic carbocycles.